The Labute approximate surface area is 81.4 Å². The van der Waals surface area contributed by atoms with Crippen molar-refractivity contribution in [1.82, 2.24) is 4.98 Å². The molecule has 4 heteroatoms. The standard InChI is InChI=1S/C9H13NO2S/c1-3-4-5-7-10-6(2)8(13-7)9(11)12/h3-5H2,1-2H3,(H,11,12). The predicted molar refractivity (Wildman–Crippen MR) is 52.4 cm³/mol. The Morgan fingerprint density at radius 3 is 2.77 bits per heavy atom. The van der Waals surface area contributed by atoms with Gasteiger partial charge in [0.2, 0.25) is 0 Å². The van der Waals surface area contributed by atoms with Gasteiger partial charge >= 0.3 is 5.97 Å². The topological polar surface area (TPSA) is 50.2 Å². The van der Waals surface area contributed by atoms with Crippen molar-refractivity contribution in [2.45, 2.75) is 33.1 Å². The zero-order chi connectivity index (χ0) is 9.84. The van der Waals surface area contributed by atoms with E-state index in [0.717, 1.165) is 24.3 Å². The SMILES string of the molecule is CCCCc1nc(C)c(C(=O)O)s1. The molecule has 1 aromatic rings. The molecule has 1 heterocycles. The van der Waals surface area contributed by atoms with Crippen LogP contribution in [0.25, 0.3) is 0 Å². The van der Waals surface area contributed by atoms with Crippen molar-refractivity contribution in [3.63, 3.8) is 0 Å². The monoisotopic (exact) mass is 199 g/mol. The molecule has 0 saturated carbocycles. The highest BCUT2D eigenvalue weighted by atomic mass is 32.1. The summed E-state index contributed by atoms with van der Waals surface area (Å²) in [5.74, 6) is -0.863. The van der Waals surface area contributed by atoms with Crippen LogP contribution in [0.3, 0.4) is 0 Å². The lowest BCUT2D eigenvalue weighted by molar-refractivity contribution is 0.0701. The molecule has 0 aliphatic heterocycles. The summed E-state index contributed by atoms with van der Waals surface area (Å²) >= 11 is 1.30. The second-order valence-corrected chi connectivity index (χ2v) is 4.01. The smallest absolute Gasteiger partial charge is 0.347 e. The van der Waals surface area contributed by atoms with Gasteiger partial charge in [-0.05, 0) is 19.8 Å². The first-order chi connectivity index (χ1) is 6.15. The van der Waals surface area contributed by atoms with Crippen molar-refractivity contribution in [1.29, 1.82) is 0 Å². The molecule has 0 aromatic carbocycles. The number of rotatable bonds is 4. The summed E-state index contributed by atoms with van der Waals surface area (Å²) in [5, 5.41) is 9.72. The Hall–Kier alpha value is -0.900. The molecule has 0 unspecified atom stereocenters. The van der Waals surface area contributed by atoms with Crippen molar-refractivity contribution >= 4 is 17.3 Å². The molecule has 1 N–H and O–H groups in total. The van der Waals surface area contributed by atoms with Crippen LogP contribution in [0, 0.1) is 6.92 Å². The summed E-state index contributed by atoms with van der Waals surface area (Å²) in [6.07, 6.45) is 3.09. The fraction of sp³-hybridized carbons (Fsp3) is 0.556. The largest absolute Gasteiger partial charge is 0.477 e. The van der Waals surface area contributed by atoms with Crippen molar-refractivity contribution in [3.8, 4) is 0 Å². The van der Waals surface area contributed by atoms with Gasteiger partial charge < -0.3 is 5.11 Å². The molecule has 0 aliphatic rings. The number of carboxylic acids is 1. The zero-order valence-electron chi connectivity index (χ0n) is 7.83. The van der Waals surface area contributed by atoms with Gasteiger partial charge in [-0.15, -0.1) is 11.3 Å². The maximum atomic E-state index is 10.7. The highest BCUT2D eigenvalue weighted by Gasteiger charge is 2.12. The van der Waals surface area contributed by atoms with Crippen LogP contribution >= 0.6 is 11.3 Å². The van der Waals surface area contributed by atoms with E-state index < -0.39 is 5.97 Å². The van der Waals surface area contributed by atoms with Gasteiger partial charge in [-0.2, -0.15) is 0 Å². The number of hydrogen-bond acceptors (Lipinski definition) is 3. The van der Waals surface area contributed by atoms with Gasteiger partial charge in [0.25, 0.3) is 0 Å². The molecule has 3 nitrogen and oxygen atoms in total. The summed E-state index contributed by atoms with van der Waals surface area (Å²) in [7, 11) is 0. The molecular weight excluding hydrogens is 186 g/mol. The molecule has 0 aliphatic carbocycles. The lowest BCUT2D eigenvalue weighted by Crippen LogP contribution is -1.94. The molecule has 0 bridgehead atoms. The summed E-state index contributed by atoms with van der Waals surface area (Å²) in [4.78, 5) is 15.3. The molecule has 0 atom stereocenters. The molecule has 0 saturated heterocycles. The van der Waals surface area contributed by atoms with E-state index >= 15 is 0 Å². The summed E-state index contributed by atoms with van der Waals surface area (Å²) in [6, 6.07) is 0. The number of carbonyl (C=O) groups is 1. The number of thiazole rings is 1. The number of hydrogen-bond donors (Lipinski definition) is 1. The average molecular weight is 199 g/mol. The number of aromatic carboxylic acids is 1. The molecule has 0 radical (unpaired) electrons. The Bertz CT molecular complexity index is 307. The van der Waals surface area contributed by atoms with Gasteiger partial charge in [-0.1, -0.05) is 13.3 Å². The Morgan fingerprint density at radius 2 is 2.31 bits per heavy atom. The highest BCUT2D eigenvalue weighted by molar-refractivity contribution is 7.13. The third-order valence-electron chi connectivity index (χ3n) is 1.78. The third-order valence-corrected chi connectivity index (χ3v) is 2.98. The van der Waals surface area contributed by atoms with E-state index in [2.05, 4.69) is 11.9 Å². The van der Waals surface area contributed by atoms with E-state index in [1.807, 2.05) is 0 Å². The lowest BCUT2D eigenvalue weighted by Gasteiger charge is -1.89. The number of aromatic nitrogens is 1. The fourth-order valence-corrected chi connectivity index (χ4v) is 2.03. The Morgan fingerprint density at radius 1 is 1.62 bits per heavy atom. The number of unbranched alkanes of at least 4 members (excludes halogenated alkanes) is 1. The third kappa shape index (κ3) is 2.52. The minimum atomic E-state index is -0.863. The summed E-state index contributed by atoms with van der Waals surface area (Å²) in [6.45, 7) is 3.86. The molecular formula is C9H13NO2S. The Balaban J connectivity index is 2.76. The van der Waals surface area contributed by atoms with E-state index in [1.54, 1.807) is 6.92 Å². The van der Waals surface area contributed by atoms with Crippen LogP contribution in [0.4, 0.5) is 0 Å². The van der Waals surface area contributed by atoms with E-state index in [9.17, 15) is 4.79 Å². The number of nitrogens with zero attached hydrogens (tertiary/aromatic N) is 1. The maximum absolute atomic E-state index is 10.7. The first-order valence-electron chi connectivity index (χ1n) is 4.34. The van der Waals surface area contributed by atoms with Crippen LogP contribution < -0.4 is 0 Å². The van der Waals surface area contributed by atoms with Crippen LogP contribution in [-0.2, 0) is 6.42 Å². The van der Waals surface area contributed by atoms with E-state index in [-0.39, 0.29) is 0 Å². The zero-order valence-corrected chi connectivity index (χ0v) is 8.65. The highest BCUT2D eigenvalue weighted by Crippen LogP contribution is 2.19. The molecule has 1 rings (SSSR count). The quantitative estimate of drug-likeness (QED) is 0.810. The molecule has 0 amide bonds. The average Bonchev–Trinajstić information content (AvgIpc) is 2.43. The first-order valence-corrected chi connectivity index (χ1v) is 5.16. The van der Waals surface area contributed by atoms with Crippen molar-refractivity contribution in [3.05, 3.63) is 15.6 Å². The second-order valence-electron chi connectivity index (χ2n) is 2.93. The minimum Gasteiger partial charge on any atom is -0.477 e. The molecule has 13 heavy (non-hydrogen) atoms. The van der Waals surface area contributed by atoms with E-state index in [1.165, 1.54) is 11.3 Å². The predicted octanol–water partition coefficient (Wildman–Crippen LogP) is 2.49. The lowest BCUT2D eigenvalue weighted by atomic mass is 10.3. The van der Waals surface area contributed by atoms with Gasteiger partial charge in [0.05, 0.1) is 10.7 Å². The normalized spacial score (nSPS) is 10.3. The van der Waals surface area contributed by atoms with Gasteiger partial charge in [0, 0.05) is 0 Å². The minimum absolute atomic E-state index is 0.381. The van der Waals surface area contributed by atoms with Crippen LogP contribution in [0.5, 0.6) is 0 Å². The van der Waals surface area contributed by atoms with Crippen LogP contribution in [0.2, 0.25) is 0 Å². The first kappa shape index (κ1) is 10.2. The van der Waals surface area contributed by atoms with Crippen molar-refractivity contribution in [2.75, 3.05) is 0 Å². The molecule has 0 fully saturated rings. The molecule has 1 aromatic heterocycles. The van der Waals surface area contributed by atoms with E-state index in [0.29, 0.717) is 10.6 Å². The summed E-state index contributed by atoms with van der Waals surface area (Å²) in [5.41, 5.74) is 0.642. The van der Waals surface area contributed by atoms with Crippen molar-refractivity contribution < 1.29 is 9.90 Å². The van der Waals surface area contributed by atoms with Gasteiger partial charge in [-0.25, -0.2) is 9.78 Å². The van der Waals surface area contributed by atoms with Crippen LogP contribution in [0.15, 0.2) is 0 Å². The molecule has 0 spiro atoms. The van der Waals surface area contributed by atoms with Crippen molar-refractivity contribution in [2.24, 2.45) is 0 Å². The van der Waals surface area contributed by atoms with Crippen LogP contribution in [0.1, 0.15) is 40.1 Å². The maximum Gasteiger partial charge on any atom is 0.347 e. The van der Waals surface area contributed by atoms with Gasteiger partial charge in [-0.3, -0.25) is 0 Å². The second kappa shape index (κ2) is 4.37. The Kier molecular flexibility index (Phi) is 3.42. The number of aryl methyl sites for hydroxylation is 2. The molecule has 72 valence electrons. The van der Waals surface area contributed by atoms with Crippen LogP contribution in [-0.4, -0.2) is 16.1 Å². The van der Waals surface area contributed by atoms with Gasteiger partial charge in [0.15, 0.2) is 0 Å². The fourth-order valence-electron chi connectivity index (χ4n) is 1.09. The van der Waals surface area contributed by atoms with Gasteiger partial charge in [0.1, 0.15) is 4.88 Å². The van der Waals surface area contributed by atoms with E-state index in [4.69, 9.17) is 5.11 Å². The summed E-state index contributed by atoms with van der Waals surface area (Å²) < 4.78 is 0. The number of carboxylic acid groups (broad SMARTS) is 1.